The molecule has 3 aromatic rings. The van der Waals surface area contributed by atoms with Gasteiger partial charge in [0.15, 0.2) is 0 Å². The summed E-state index contributed by atoms with van der Waals surface area (Å²) in [6.07, 6.45) is 13.4. The molecule has 0 bridgehead atoms. The number of ether oxygens (including phenoxy) is 1. The molecule has 0 fully saturated rings. The minimum Gasteiger partial charge on any atom is -0.506 e. The van der Waals surface area contributed by atoms with Crippen LogP contribution in [0.3, 0.4) is 0 Å². The van der Waals surface area contributed by atoms with E-state index >= 15 is 0 Å². The molecule has 196 valence electrons. The van der Waals surface area contributed by atoms with Crippen molar-refractivity contribution in [2.24, 2.45) is 0 Å². The first-order valence-corrected chi connectivity index (χ1v) is 14.7. The molecule has 36 heavy (non-hydrogen) atoms. The number of esters is 1. The molecular weight excluding hydrogens is 470 g/mol. The molecule has 1 N–H and O–H groups in total. The topological polar surface area (TPSA) is 77.2 Å². The number of benzene rings is 2. The van der Waals surface area contributed by atoms with Crippen molar-refractivity contribution < 1.29 is 14.6 Å². The van der Waals surface area contributed by atoms with E-state index in [0.717, 1.165) is 28.1 Å². The molecule has 0 aliphatic rings. The van der Waals surface area contributed by atoms with Gasteiger partial charge in [-0.3, -0.25) is 4.79 Å². The minimum absolute atomic E-state index is 0.0703. The number of fused-ring (bicyclic) bond motifs is 1. The maximum atomic E-state index is 12.4. The van der Waals surface area contributed by atoms with Gasteiger partial charge in [0.1, 0.15) is 28.6 Å². The van der Waals surface area contributed by atoms with Gasteiger partial charge in [-0.15, -0.1) is 15.0 Å². The van der Waals surface area contributed by atoms with Crippen molar-refractivity contribution in [3.8, 4) is 11.4 Å². The zero-order chi connectivity index (χ0) is 25.6. The monoisotopic (exact) mass is 511 g/mol. The van der Waals surface area contributed by atoms with Gasteiger partial charge in [-0.1, -0.05) is 82.9 Å². The molecule has 0 amide bonds. The van der Waals surface area contributed by atoms with Crippen LogP contribution in [0.1, 0.15) is 96.1 Å². The number of phenols is 1. The predicted octanol–water partition coefficient (Wildman–Crippen LogP) is 7.77. The molecule has 2 aromatic carbocycles. The van der Waals surface area contributed by atoms with Crippen molar-refractivity contribution >= 4 is 28.8 Å². The summed E-state index contributed by atoms with van der Waals surface area (Å²) in [4.78, 5) is 13.8. The number of rotatable bonds is 17. The van der Waals surface area contributed by atoms with E-state index in [2.05, 4.69) is 17.1 Å². The Bertz CT molecular complexity index is 1040. The van der Waals surface area contributed by atoms with Crippen molar-refractivity contribution in [2.45, 2.75) is 90.6 Å². The van der Waals surface area contributed by atoms with Crippen LogP contribution in [0.4, 0.5) is 0 Å². The summed E-state index contributed by atoms with van der Waals surface area (Å²) in [7, 11) is 0. The summed E-state index contributed by atoms with van der Waals surface area (Å²) in [6.45, 7) is 4.11. The summed E-state index contributed by atoms with van der Waals surface area (Å²) in [5.74, 6) is 1.76. The lowest BCUT2D eigenvalue weighted by Gasteiger charge is -2.15. The normalized spacial score (nSPS) is 12.2. The third-order valence-electron chi connectivity index (χ3n) is 6.37. The zero-order valence-electron chi connectivity index (χ0n) is 21.8. The van der Waals surface area contributed by atoms with Gasteiger partial charge in [-0.25, -0.2) is 0 Å². The molecule has 1 aromatic heterocycles. The highest BCUT2D eigenvalue weighted by Gasteiger charge is 2.16. The van der Waals surface area contributed by atoms with E-state index in [0.29, 0.717) is 12.1 Å². The van der Waals surface area contributed by atoms with Crippen LogP contribution >= 0.6 is 11.8 Å². The molecule has 0 aliphatic heterocycles. The molecule has 0 saturated carbocycles. The summed E-state index contributed by atoms with van der Waals surface area (Å²) in [5, 5.41) is 19.2. The number of carbonyl (C=O) groups excluding carboxylic acids is 1. The predicted molar refractivity (Wildman–Crippen MR) is 149 cm³/mol. The van der Waals surface area contributed by atoms with Crippen molar-refractivity contribution in [3.05, 3.63) is 48.0 Å². The Hall–Kier alpha value is -2.54. The van der Waals surface area contributed by atoms with Crippen LogP contribution in [-0.2, 0) is 9.53 Å². The van der Waals surface area contributed by atoms with Gasteiger partial charge in [0.2, 0.25) is 0 Å². The molecule has 6 nitrogen and oxygen atoms in total. The Kier molecular flexibility index (Phi) is 12.1. The second-order valence-electron chi connectivity index (χ2n) is 9.40. The Morgan fingerprint density at radius 2 is 1.53 bits per heavy atom. The number of aromatic hydroxyl groups is 1. The standard InChI is InChI=1S/C29H41N3O3S/c1-3-4-5-6-7-8-9-10-11-14-20-36-21-19-29(34)35-23(2)24-17-18-28(33)27(22-24)32-30-25-15-12-13-16-26(25)31-32/h12-13,15-18,22-23,33H,3-11,14,19-21H2,1-2H3. The first-order chi connectivity index (χ1) is 17.6. The second-order valence-corrected chi connectivity index (χ2v) is 10.6. The van der Waals surface area contributed by atoms with Crippen LogP contribution in [0.25, 0.3) is 16.7 Å². The van der Waals surface area contributed by atoms with E-state index in [9.17, 15) is 9.90 Å². The largest absolute Gasteiger partial charge is 0.506 e. The van der Waals surface area contributed by atoms with Gasteiger partial charge in [0, 0.05) is 5.75 Å². The third-order valence-corrected chi connectivity index (χ3v) is 7.44. The van der Waals surface area contributed by atoms with Gasteiger partial charge in [-0.2, -0.15) is 11.8 Å². The van der Waals surface area contributed by atoms with Crippen LogP contribution < -0.4 is 0 Å². The van der Waals surface area contributed by atoms with E-state index < -0.39 is 6.10 Å². The molecule has 7 heteroatoms. The van der Waals surface area contributed by atoms with E-state index in [1.807, 2.05) is 43.0 Å². The molecule has 0 saturated heterocycles. The van der Waals surface area contributed by atoms with Gasteiger partial charge in [0.25, 0.3) is 0 Å². The number of hydrogen-bond donors (Lipinski definition) is 1. The summed E-state index contributed by atoms with van der Waals surface area (Å²) in [5.41, 5.74) is 2.74. The smallest absolute Gasteiger partial charge is 0.307 e. The van der Waals surface area contributed by atoms with E-state index in [1.54, 1.807) is 18.2 Å². The molecule has 1 heterocycles. The number of phenolic OH excluding ortho intramolecular Hbond substituents is 1. The van der Waals surface area contributed by atoms with Crippen molar-refractivity contribution in [2.75, 3.05) is 11.5 Å². The van der Waals surface area contributed by atoms with E-state index in [-0.39, 0.29) is 11.7 Å². The lowest BCUT2D eigenvalue weighted by atomic mass is 10.1. The van der Waals surface area contributed by atoms with Crippen molar-refractivity contribution in [1.82, 2.24) is 15.0 Å². The third kappa shape index (κ3) is 9.16. The Balaban J connectivity index is 1.32. The first-order valence-electron chi connectivity index (χ1n) is 13.5. The number of hydrogen-bond acceptors (Lipinski definition) is 6. The lowest BCUT2D eigenvalue weighted by molar-refractivity contribution is -0.148. The number of unbranched alkanes of at least 4 members (excludes halogenated alkanes) is 9. The first kappa shape index (κ1) is 28.0. The minimum atomic E-state index is -0.422. The molecule has 1 unspecified atom stereocenters. The van der Waals surface area contributed by atoms with Crippen molar-refractivity contribution in [3.63, 3.8) is 0 Å². The number of carbonyl (C=O) groups is 1. The van der Waals surface area contributed by atoms with E-state index in [4.69, 9.17) is 4.74 Å². The number of thioether (sulfide) groups is 1. The van der Waals surface area contributed by atoms with Gasteiger partial charge >= 0.3 is 5.97 Å². The summed E-state index contributed by atoms with van der Waals surface area (Å²) in [6, 6.07) is 12.7. The average Bonchev–Trinajstić information content (AvgIpc) is 3.31. The van der Waals surface area contributed by atoms with Crippen LogP contribution in [0, 0.1) is 0 Å². The second kappa shape index (κ2) is 15.5. The quantitative estimate of drug-likeness (QED) is 0.147. The highest BCUT2D eigenvalue weighted by atomic mass is 32.2. The molecule has 0 radical (unpaired) electrons. The zero-order valence-corrected chi connectivity index (χ0v) is 22.6. The SMILES string of the molecule is CCCCCCCCCCCCSCCC(=O)OC(C)c1ccc(O)c(-n2nc3ccccc3n2)c1. The molecule has 1 atom stereocenters. The van der Waals surface area contributed by atoms with E-state index in [1.165, 1.54) is 69.0 Å². The Morgan fingerprint density at radius 3 is 2.17 bits per heavy atom. The van der Waals surface area contributed by atoms with Crippen LogP contribution in [0.15, 0.2) is 42.5 Å². The average molecular weight is 512 g/mol. The van der Waals surface area contributed by atoms with Gasteiger partial charge in [0.05, 0.1) is 6.42 Å². The van der Waals surface area contributed by atoms with Crippen LogP contribution in [0.2, 0.25) is 0 Å². The maximum Gasteiger partial charge on any atom is 0.307 e. The number of aromatic nitrogens is 3. The highest BCUT2D eigenvalue weighted by Crippen LogP contribution is 2.27. The number of nitrogens with zero attached hydrogens (tertiary/aromatic N) is 3. The lowest BCUT2D eigenvalue weighted by Crippen LogP contribution is -2.10. The summed E-state index contributed by atoms with van der Waals surface area (Å²) >= 11 is 1.83. The van der Waals surface area contributed by atoms with Gasteiger partial charge < -0.3 is 9.84 Å². The van der Waals surface area contributed by atoms with Gasteiger partial charge in [-0.05, 0) is 48.9 Å². The fraction of sp³-hybridized carbons (Fsp3) is 0.552. The highest BCUT2D eigenvalue weighted by molar-refractivity contribution is 7.99. The van der Waals surface area contributed by atoms with Crippen LogP contribution in [0.5, 0.6) is 5.75 Å². The Labute approximate surface area is 219 Å². The molecular formula is C29H41N3O3S. The molecule has 0 spiro atoms. The fourth-order valence-electron chi connectivity index (χ4n) is 4.19. The Morgan fingerprint density at radius 1 is 0.917 bits per heavy atom. The fourth-order valence-corrected chi connectivity index (χ4v) is 5.12. The maximum absolute atomic E-state index is 12.4. The van der Waals surface area contributed by atoms with Crippen LogP contribution in [-0.4, -0.2) is 37.6 Å². The van der Waals surface area contributed by atoms with Crippen molar-refractivity contribution in [1.29, 1.82) is 0 Å². The molecule has 3 rings (SSSR count). The summed E-state index contributed by atoms with van der Waals surface area (Å²) < 4.78 is 5.65. The molecule has 0 aliphatic carbocycles.